The lowest BCUT2D eigenvalue weighted by Crippen LogP contribution is -2.41. The van der Waals surface area contributed by atoms with Crippen LogP contribution in [0.4, 0.5) is 0 Å². The molecule has 0 bridgehead atoms. The zero-order valence-electron chi connectivity index (χ0n) is 12.1. The van der Waals surface area contributed by atoms with Gasteiger partial charge < -0.3 is 15.7 Å². The Morgan fingerprint density at radius 2 is 2.00 bits per heavy atom. The van der Waals surface area contributed by atoms with E-state index in [0.29, 0.717) is 18.9 Å². The predicted molar refractivity (Wildman–Crippen MR) is 76.4 cm³/mol. The number of carbonyl (C=O) groups excluding carboxylic acids is 1. The lowest BCUT2D eigenvalue weighted by molar-refractivity contribution is -0.140. The van der Waals surface area contributed by atoms with Gasteiger partial charge in [0.05, 0.1) is 6.42 Å². The molecule has 20 heavy (non-hydrogen) atoms. The molecule has 0 aromatic carbocycles. The van der Waals surface area contributed by atoms with Gasteiger partial charge in [0.2, 0.25) is 5.91 Å². The molecule has 1 atom stereocenters. The first-order valence-electron chi connectivity index (χ1n) is 7.79. The normalized spacial score (nSPS) is 25.3. The second-order valence-electron chi connectivity index (χ2n) is 6.47. The molecule has 114 valence electrons. The Morgan fingerprint density at radius 1 is 1.25 bits per heavy atom. The fourth-order valence-electron chi connectivity index (χ4n) is 3.55. The zero-order chi connectivity index (χ0) is 14.4. The number of aliphatic carboxylic acids is 1. The van der Waals surface area contributed by atoms with Gasteiger partial charge in [-0.05, 0) is 43.7 Å². The maximum absolute atomic E-state index is 12.0. The van der Waals surface area contributed by atoms with Gasteiger partial charge in [0.25, 0.3) is 0 Å². The minimum Gasteiger partial charge on any atom is -0.481 e. The number of nitrogens with one attached hydrogen (secondary N) is 2. The Morgan fingerprint density at radius 3 is 2.60 bits per heavy atom. The van der Waals surface area contributed by atoms with Gasteiger partial charge >= 0.3 is 5.97 Å². The molecule has 1 amide bonds. The molecule has 1 saturated carbocycles. The van der Waals surface area contributed by atoms with Crippen molar-refractivity contribution in [1.29, 1.82) is 0 Å². The molecule has 2 aliphatic rings. The quantitative estimate of drug-likeness (QED) is 0.690. The highest BCUT2D eigenvalue weighted by Crippen LogP contribution is 2.38. The first-order chi connectivity index (χ1) is 9.60. The van der Waals surface area contributed by atoms with E-state index in [2.05, 4.69) is 10.6 Å². The van der Waals surface area contributed by atoms with Crippen molar-refractivity contribution in [2.75, 3.05) is 19.6 Å². The lowest BCUT2D eigenvalue weighted by atomic mass is 9.71. The van der Waals surface area contributed by atoms with Crippen molar-refractivity contribution >= 4 is 11.9 Å². The Balaban J connectivity index is 1.81. The van der Waals surface area contributed by atoms with Crippen LogP contribution in [0, 0.1) is 11.3 Å². The van der Waals surface area contributed by atoms with Gasteiger partial charge in [-0.3, -0.25) is 9.59 Å². The number of carbonyl (C=O) groups is 2. The van der Waals surface area contributed by atoms with Crippen molar-refractivity contribution in [3.63, 3.8) is 0 Å². The lowest BCUT2D eigenvalue weighted by Gasteiger charge is -2.36. The maximum Gasteiger partial charge on any atom is 0.303 e. The summed E-state index contributed by atoms with van der Waals surface area (Å²) in [4.78, 5) is 23.1. The Bertz CT molecular complexity index is 345. The van der Waals surface area contributed by atoms with Gasteiger partial charge in [-0.1, -0.05) is 19.3 Å². The van der Waals surface area contributed by atoms with E-state index in [0.717, 1.165) is 45.2 Å². The van der Waals surface area contributed by atoms with Gasteiger partial charge in [0, 0.05) is 13.0 Å². The van der Waals surface area contributed by atoms with E-state index in [-0.39, 0.29) is 17.7 Å². The smallest absolute Gasteiger partial charge is 0.303 e. The molecule has 3 N–H and O–H groups in total. The van der Waals surface area contributed by atoms with Crippen LogP contribution in [0.3, 0.4) is 0 Å². The summed E-state index contributed by atoms with van der Waals surface area (Å²) in [6.45, 7) is 2.45. The summed E-state index contributed by atoms with van der Waals surface area (Å²) in [7, 11) is 0. The summed E-state index contributed by atoms with van der Waals surface area (Å²) in [5.41, 5.74) is -0.215. The van der Waals surface area contributed by atoms with E-state index in [1.54, 1.807) is 0 Å². The van der Waals surface area contributed by atoms with Crippen LogP contribution in [0.15, 0.2) is 0 Å². The molecule has 1 aliphatic carbocycles. The fraction of sp³-hybridized carbons (Fsp3) is 0.867. The average molecular weight is 282 g/mol. The van der Waals surface area contributed by atoms with Crippen LogP contribution in [0.25, 0.3) is 0 Å². The summed E-state index contributed by atoms with van der Waals surface area (Å²) in [5, 5.41) is 15.4. The molecule has 0 radical (unpaired) electrons. The molecule has 0 spiro atoms. The molecule has 0 aromatic rings. The highest BCUT2D eigenvalue weighted by Gasteiger charge is 2.34. The maximum atomic E-state index is 12.0. The largest absolute Gasteiger partial charge is 0.481 e. The van der Waals surface area contributed by atoms with Crippen LogP contribution >= 0.6 is 0 Å². The van der Waals surface area contributed by atoms with Crippen LogP contribution < -0.4 is 10.6 Å². The summed E-state index contributed by atoms with van der Waals surface area (Å²) >= 11 is 0. The van der Waals surface area contributed by atoms with Crippen LogP contribution in [0.5, 0.6) is 0 Å². The highest BCUT2D eigenvalue weighted by molar-refractivity contribution is 5.76. The van der Waals surface area contributed by atoms with Crippen LogP contribution in [-0.4, -0.2) is 36.6 Å². The molecule has 5 heteroatoms. The number of hydrogen-bond donors (Lipinski definition) is 3. The van der Waals surface area contributed by atoms with Gasteiger partial charge in [0.15, 0.2) is 0 Å². The van der Waals surface area contributed by atoms with E-state index in [9.17, 15) is 9.59 Å². The molecule has 1 aliphatic heterocycles. The van der Waals surface area contributed by atoms with E-state index in [1.807, 2.05) is 0 Å². The Hall–Kier alpha value is -1.10. The van der Waals surface area contributed by atoms with E-state index in [1.165, 1.54) is 6.42 Å². The minimum absolute atomic E-state index is 0.0778. The molecule has 1 heterocycles. The van der Waals surface area contributed by atoms with E-state index >= 15 is 0 Å². The average Bonchev–Trinajstić information content (AvgIpc) is 2.90. The first kappa shape index (κ1) is 15.3. The standard InChI is InChI=1S/C15H26N2O3/c18-13(8-12-4-7-16-10-12)17-11-15(9-14(19)20)5-2-1-3-6-15/h12,16H,1-11H2,(H,17,18)(H,19,20). The third-order valence-corrected chi connectivity index (χ3v) is 4.74. The molecular weight excluding hydrogens is 256 g/mol. The van der Waals surface area contributed by atoms with Crippen molar-refractivity contribution in [3.05, 3.63) is 0 Å². The van der Waals surface area contributed by atoms with Crippen molar-refractivity contribution < 1.29 is 14.7 Å². The number of rotatable bonds is 6. The van der Waals surface area contributed by atoms with Crippen molar-refractivity contribution in [2.24, 2.45) is 11.3 Å². The summed E-state index contributed by atoms with van der Waals surface area (Å²) < 4.78 is 0. The second kappa shape index (κ2) is 7.07. The van der Waals surface area contributed by atoms with Gasteiger partial charge in [-0.15, -0.1) is 0 Å². The number of carboxylic acids is 1. The molecule has 1 saturated heterocycles. The highest BCUT2D eigenvalue weighted by atomic mass is 16.4. The topological polar surface area (TPSA) is 78.4 Å². The summed E-state index contributed by atoms with van der Waals surface area (Å²) in [6.07, 6.45) is 6.99. The Labute approximate surface area is 120 Å². The van der Waals surface area contributed by atoms with Gasteiger partial charge in [0.1, 0.15) is 0 Å². The third kappa shape index (κ3) is 4.47. The van der Waals surface area contributed by atoms with Gasteiger partial charge in [-0.25, -0.2) is 0 Å². The van der Waals surface area contributed by atoms with E-state index < -0.39 is 5.97 Å². The molecule has 5 nitrogen and oxygen atoms in total. The van der Waals surface area contributed by atoms with Crippen LogP contribution in [-0.2, 0) is 9.59 Å². The molecule has 0 aromatic heterocycles. The van der Waals surface area contributed by atoms with Crippen molar-refractivity contribution in [2.45, 2.75) is 51.4 Å². The van der Waals surface area contributed by atoms with E-state index in [4.69, 9.17) is 5.11 Å². The first-order valence-corrected chi connectivity index (χ1v) is 7.79. The van der Waals surface area contributed by atoms with Crippen LogP contribution in [0.2, 0.25) is 0 Å². The zero-order valence-corrected chi connectivity index (χ0v) is 12.1. The molecular formula is C15H26N2O3. The SMILES string of the molecule is O=C(O)CC1(CNC(=O)CC2CCNC2)CCCCC1. The Kier molecular flexibility index (Phi) is 5.40. The third-order valence-electron chi connectivity index (χ3n) is 4.74. The van der Waals surface area contributed by atoms with Crippen molar-refractivity contribution in [1.82, 2.24) is 10.6 Å². The predicted octanol–water partition coefficient (Wildman–Crippen LogP) is 1.53. The van der Waals surface area contributed by atoms with Crippen molar-refractivity contribution in [3.8, 4) is 0 Å². The molecule has 2 rings (SSSR count). The second-order valence-corrected chi connectivity index (χ2v) is 6.47. The molecule has 2 fully saturated rings. The monoisotopic (exact) mass is 282 g/mol. The molecule has 1 unspecified atom stereocenters. The number of amides is 1. The summed E-state index contributed by atoms with van der Waals surface area (Å²) in [5.74, 6) is -0.230. The van der Waals surface area contributed by atoms with Crippen LogP contribution in [0.1, 0.15) is 51.4 Å². The number of hydrogen-bond acceptors (Lipinski definition) is 3. The summed E-state index contributed by atoms with van der Waals surface area (Å²) in [6, 6.07) is 0. The van der Waals surface area contributed by atoms with Gasteiger partial charge in [-0.2, -0.15) is 0 Å². The minimum atomic E-state index is -0.749. The fourth-order valence-corrected chi connectivity index (χ4v) is 3.55. The number of carboxylic acid groups (broad SMARTS) is 1.